The van der Waals surface area contributed by atoms with Gasteiger partial charge in [0.25, 0.3) is 0 Å². The Morgan fingerprint density at radius 1 is 0.579 bits per heavy atom. The van der Waals surface area contributed by atoms with Crippen molar-refractivity contribution in [3.05, 3.63) is 60.7 Å². The first-order valence-corrected chi connectivity index (χ1v) is 14.7. The van der Waals surface area contributed by atoms with Crippen LogP contribution in [0.5, 0.6) is 0 Å². The molecule has 0 aromatic heterocycles. The van der Waals surface area contributed by atoms with E-state index in [0.717, 1.165) is 0 Å². The molecule has 2 aromatic carbocycles. The van der Waals surface area contributed by atoms with Crippen LogP contribution in [0.25, 0.3) is 0 Å². The molecule has 2 aliphatic heterocycles. The molecular formula is C29H42N4O3S2. The van der Waals surface area contributed by atoms with E-state index in [1.807, 2.05) is 12.1 Å². The van der Waals surface area contributed by atoms with E-state index in [4.69, 9.17) is 9.68 Å². The minimum absolute atomic E-state index is 0.243. The van der Waals surface area contributed by atoms with E-state index >= 15 is 0 Å². The summed E-state index contributed by atoms with van der Waals surface area (Å²) in [7, 11) is 0. The maximum atomic E-state index is 13.0. The van der Waals surface area contributed by atoms with Crippen molar-refractivity contribution in [3.63, 3.8) is 0 Å². The van der Waals surface area contributed by atoms with Gasteiger partial charge in [0.1, 0.15) is 0 Å². The van der Waals surface area contributed by atoms with Gasteiger partial charge in [0, 0.05) is 31.9 Å². The van der Waals surface area contributed by atoms with Gasteiger partial charge >= 0.3 is 6.16 Å². The lowest BCUT2D eigenvalue weighted by molar-refractivity contribution is -0.234. The van der Waals surface area contributed by atoms with E-state index in [1.165, 1.54) is 9.79 Å². The van der Waals surface area contributed by atoms with Gasteiger partial charge in [-0.25, -0.2) is 8.61 Å². The molecule has 208 valence electrons. The van der Waals surface area contributed by atoms with Gasteiger partial charge < -0.3 is 9.68 Å². The lowest BCUT2D eigenvalue weighted by Crippen LogP contribution is -2.67. The number of carbonyl (C=O) groups excluding carboxylic acids is 1. The largest absolute Gasteiger partial charge is 0.547 e. The van der Waals surface area contributed by atoms with Crippen LogP contribution in [0.3, 0.4) is 0 Å². The van der Waals surface area contributed by atoms with Gasteiger partial charge in [0.15, 0.2) is 0 Å². The lowest BCUT2D eigenvalue weighted by Gasteiger charge is -2.54. The molecule has 2 saturated heterocycles. The number of carbonyl (C=O) groups is 1. The van der Waals surface area contributed by atoms with Crippen LogP contribution in [0.1, 0.15) is 55.4 Å². The minimum Gasteiger partial charge on any atom is -0.334 e. The van der Waals surface area contributed by atoms with Gasteiger partial charge in [-0.1, -0.05) is 36.4 Å². The molecule has 0 radical (unpaired) electrons. The van der Waals surface area contributed by atoms with E-state index in [-0.39, 0.29) is 22.2 Å². The first-order valence-electron chi connectivity index (χ1n) is 13.1. The van der Waals surface area contributed by atoms with Crippen LogP contribution in [0.2, 0.25) is 0 Å². The summed E-state index contributed by atoms with van der Waals surface area (Å²) in [6.45, 7) is 19.7. The van der Waals surface area contributed by atoms with Crippen molar-refractivity contribution in [2.45, 2.75) is 87.3 Å². The first-order chi connectivity index (χ1) is 17.7. The predicted octanol–water partition coefficient (Wildman–Crippen LogP) is 6.73. The van der Waals surface area contributed by atoms with Gasteiger partial charge in [0.05, 0.1) is 26.2 Å². The number of benzene rings is 2. The Hall–Kier alpha value is -1.75. The Morgan fingerprint density at radius 2 is 0.868 bits per heavy atom. The highest BCUT2D eigenvalue weighted by molar-refractivity contribution is 7.97. The van der Waals surface area contributed by atoms with Crippen LogP contribution in [-0.2, 0) is 9.68 Å². The Balaban J connectivity index is 1.37. The molecular weight excluding hydrogens is 516 g/mol. The van der Waals surface area contributed by atoms with Crippen LogP contribution in [-0.4, -0.2) is 73.2 Å². The maximum Gasteiger partial charge on any atom is 0.547 e. The monoisotopic (exact) mass is 558 g/mol. The molecule has 0 saturated carbocycles. The Morgan fingerprint density at radius 3 is 1.16 bits per heavy atom. The maximum absolute atomic E-state index is 13.0. The summed E-state index contributed by atoms with van der Waals surface area (Å²) < 4.78 is 4.82. The van der Waals surface area contributed by atoms with E-state index in [1.54, 1.807) is 34.0 Å². The third-order valence-electron chi connectivity index (χ3n) is 6.74. The van der Waals surface area contributed by atoms with E-state index < -0.39 is 6.16 Å². The highest BCUT2D eigenvalue weighted by Crippen LogP contribution is 2.43. The molecule has 0 atom stereocenters. The summed E-state index contributed by atoms with van der Waals surface area (Å²) in [6.07, 6.45) is -0.684. The molecule has 2 fully saturated rings. The average Bonchev–Trinajstić information content (AvgIpc) is 2.79. The zero-order chi connectivity index (χ0) is 27.8. The molecule has 9 heteroatoms. The summed E-state index contributed by atoms with van der Waals surface area (Å²) in [6, 6.07) is 20.8. The molecule has 0 amide bonds. The summed E-state index contributed by atoms with van der Waals surface area (Å²) in [4.78, 5) is 27.0. The summed E-state index contributed by atoms with van der Waals surface area (Å²) in [5.74, 6) is 0. The second-order valence-corrected chi connectivity index (χ2v) is 14.7. The smallest absolute Gasteiger partial charge is 0.334 e. The minimum atomic E-state index is -0.684. The highest BCUT2D eigenvalue weighted by Gasteiger charge is 2.49. The van der Waals surface area contributed by atoms with Crippen LogP contribution in [0.15, 0.2) is 70.5 Å². The summed E-state index contributed by atoms with van der Waals surface area (Å²) in [5, 5.41) is 3.50. The first kappa shape index (κ1) is 29.2. The zero-order valence-electron chi connectivity index (χ0n) is 23.9. The number of hydroxylamine groups is 4. The molecule has 38 heavy (non-hydrogen) atoms. The van der Waals surface area contributed by atoms with E-state index in [0.29, 0.717) is 26.2 Å². The third kappa shape index (κ3) is 6.87. The molecule has 7 nitrogen and oxygen atoms in total. The normalized spacial score (nSPS) is 23.6. The topological polar surface area (TPSA) is 48.5 Å². The zero-order valence-corrected chi connectivity index (χ0v) is 25.6. The fraction of sp³-hybridized carbons (Fsp3) is 0.552. The number of nitrogens with zero attached hydrogens (tertiary/aromatic N) is 4. The molecule has 4 rings (SSSR count). The van der Waals surface area contributed by atoms with Gasteiger partial charge in [-0.05, 0) is 104 Å². The van der Waals surface area contributed by atoms with Crippen LogP contribution >= 0.6 is 23.9 Å². The van der Waals surface area contributed by atoms with Crippen molar-refractivity contribution in [2.75, 3.05) is 26.2 Å². The van der Waals surface area contributed by atoms with Gasteiger partial charge in [-0.15, -0.1) is 10.1 Å². The number of hydrogen-bond donors (Lipinski definition) is 0. The summed E-state index contributed by atoms with van der Waals surface area (Å²) in [5.41, 5.74) is -0.973. The SMILES string of the molecule is CC1(C)CN(OC(=O)ON2CC(C)(C)N(Sc3ccccc3)C(C)(C)C2)CC(C)(C)N1Sc1ccccc1. The van der Waals surface area contributed by atoms with Crippen LogP contribution in [0, 0.1) is 0 Å². The quantitative estimate of drug-likeness (QED) is 0.359. The van der Waals surface area contributed by atoms with Crippen LogP contribution in [0.4, 0.5) is 4.79 Å². The summed E-state index contributed by atoms with van der Waals surface area (Å²) >= 11 is 3.50. The molecule has 2 aliphatic rings. The molecule has 0 aliphatic carbocycles. The van der Waals surface area contributed by atoms with Crippen molar-refractivity contribution < 1.29 is 14.5 Å². The second-order valence-electron chi connectivity index (χ2n) is 12.7. The van der Waals surface area contributed by atoms with Crippen LogP contribution < -0.4 is 0 Å². The molecule has 0 bridgehead atoms. The standard InChI is InChI=1S/C29H42N4O3S2/c1-26(2)19-30(20-27(3,4)32(26)37-23-15-11-9-12-16-23)35-25(34)36-31-21-28(5,6)33(29(7,8)22-31)38-24-17-13-10-14-18-24/h9-18H,19-22H2,1-8H3. The lowest BCUT2D eigenvalue weighted by atomic mass is 9.92. The molecule has 0 N–H and O–H groups in total. The van der Waals surface area contributed by atoms with E-state index in [2.05, 4.69) is 113 Å². The molecule has 2 aromatic rings. The van der Waals surface area contributed by atoms with Crippen molar-refractivity contribution in [1.82, 2.24) is 18.7 Å². The Kier molecular flexibility index (Phi) is 8.48. The Bertz CT molecular complexity index is 974. The predicted molar refractivity (Wildman–Crippen MR) is 155 cm³/mol. The molecule has 0 unspecified atom stereocenters. The fourth-order valence-corrected chi connectivity index (χ4v) is 7.96. The van der Waals surface area contributed by atoms with Gasteiger partial charge in [-0.3, -0.25) is 0 Å². The fourth-order valence-electron chi connectivity index (χ4n) is 5.76. The van der Waals surface area contributed by atoms with Crippen molar-refractivity contribution >= 4 is 30.1 Å². The van der Waals surface area contributed by atoms with Gasteiger partial charge in [0.2, 0.25) is 0 Å². The van der Waals surface area contributed by atoms with Crippen molar-refractivity contribution in [1.29, 1.82) is 0 Å². The second kappa shape index (κ2) is 11.0. The van der Waals surface area contributed by atoms with Gasteiger partial charge in [-0.2, -0.15) is 4.79 Å². The van der Waals surface area contributed by atoms with Crippen molar-refractivity contribution in [3.8, 4) is 0 Å². The van der Waals surface area contributed by atoms with E-state index in [9.17, 15) is 4.79 Å². The third-order valence-corrected chi connectivity index (χ3v) is 10.0. The Labute approximate surface area is 237 Å². The highest BCUT2D eigenvalue weighted by atomic mass is 32.2. The number of rotatable bonds is 6. The molecule has 0 spiro atoms. The number of piperazine rings is 2. The molecule has 2 heterocycles. The van der Waals surface area contributed by atoms with Crippen molar-refractivity contribution in [2.24, 2.45) is 0 Å². The average molecular weight is 559 g/mol. The number of hydrogen-bond acceptors (Lipinski definition) is 9.